The van der Waals surface area contributed by atoms with Gasteiger partial charge in [0.2, 0.25) is 0 Å². The molecule has 0 aliphatic heterocycles. The number of benzene rings is 1. The first-order chi connectivity index (χ1) is 8.81. The predicted molar refractivity (Wildman–Crippen MR) is 73.4 cm³/mol. The summed E-state index contributed by atoms with van der Waals surface area (Å²) in [6.07, 6.45) is 2.70. The van der Waals surface area contributed by atoms with Crippen molar-refractivity contribution in [3.05, 3.63) is 41.9 Å². The molecule has 4 heteroatoms. The number of nitrogens with zero attached hydrogens (tertiary/aromatic N) is 1. The Labute approximate surface area is 105 Å². The molecule has 0 aliphatic carbocycles. The number of H-pyrrole nitrogens is 2. The number of nitrogens with two attached hydrogens (primary N) is 1. The summed E-state index contributed by atoms with van der Waals surface area (Å²) in [5, 5.41) is 8.42. The van der Waals surface area contributed by atoms with Gasteiger partial charge in [-0.3, -0.25) is 5.10 Å². The molecule has 92 valence electrons. The molecule has 0 atom stereocenters. The molecule has 0 spiro atoms. The summed E-state index contributed by atoms with van der Waals surface area (Å²) < 4.78 is 0. The zero-order chi connectivity index (χ0) is 12.5. The highest BCUT2D eigenvalue weighted by atomic mass is 15.1. The maximum atomic E-state index is 5.64. The number of aromatic amines is 2. The standard InChI is InChI=1S/C14H16N4/c1-9-14(10-4-2-3-5-12(10)17-9)11-8-16-18-13(11)6-7-15/h2-5,8,17H,6-7,15H2,1H3,(H,16,18). The summed E-state index contributed by atoms with van der Waals surface area (Å²) in [6.45, 7) is 2.71. The number of aryl methyl sites for hydroxylation is 1. The number of para-hydroxylation sites is 1. The van der Waals surface area contributed by atoms with Crippen LogP contribution in [0.1, 0.15) is 11.4 Å². The Morgan fingerprint density at radius 3 is 2.94 bits per heavy atom. The van der Waals surface area contributed by atoms with Crippen LogP contribution in [-0.2, 0) is 6.42 Å². The Morgan fingerprint density at radius 2 is 2.11 bits per heavy atom. The Balaban J connectivity index is 2.24. The monoisotopic (exact) mass is 240 g/mol. The number of aromatic nitrogens is 3. The lowest BCUT2D eigenvalue weighted by Gasteiger charge is -2.02. The van der Waals surface area contributed by atoms with E-state index < -0.39 is 0 Å². The predicted octanol–water partition coefficient (Wildman–Crippen LogP) is 2.37. The molecule has 3 aromatic rings. The quantitative estimate of drug-likeness (QED) is 0.657. The van der Waals surface area contributed by atoms with Crippen molar-refractivity contribution in [2.24, 2.45) is 5.73 Å². The van der Waals surface area contributed by atoms with E-state index in [2.05, 4.69) is 40.3 Å². The van der Waals surface area contributed by atoms with Crippen LogP contribution in [-0.4, -0.2) is 21.7 Å². The van der Waals surface area contributed by atoms with Gasteiger partial charge in [0.25, 0.3) is 0 Å². The third-order valence-corrected chi connectivity index (χ3v) is 3.28. The number of rotatable bonds is 3. The molecule has 0 saturated carbocycles. The van der Waals surface area contributed by atoms with Crippen molar-refractivity contribution in [2.75, 3.05) is 6.54 Å². The van der Waals surface area contributed by atoms with Gasteiger partial charge >= 0.3 is 0 Å². The van der Waals surface area contributed by atoms with Crippen LogP contribution in [0.2, 0.25) is 0 Å². The third-order valence-electron chi connectivity index (χ3n) is 3.28. The fourth-order valence-corrected chi connectivity index (χ4v) is 2.49. The Hall–Kier alpha value is -2.07. The summed E-state index contributed by atoms with van der Waals surface area (Å²) in [4.78, 5) is 3.41. The first-order valence-corrected chi connectivity index (χ1v) is 6.11. The van der Waals surface area contributed by atoms with Crippen molar-refractivity contribution in [3.63, 3.8) is 0 Å². The maximum absolute atomic E-state index is 5.64. The summed E-state index contributed by atoms with van der Waals surface area (Å²) >= 11 is 0. The smallest absolute Gasteiger partial charge is 0.0569 e. The number of nitrogens with one attached hydrogen (secondary N) is 2. The van der Waals surface area contributed by atoms with Crippen LogP contribution in [0.25, 0.3) is 22.0 Å². The highest BCUT2D eigenvalue weighted by molar-refractivity contribution is 5.97. The molecule has 4 nitrogen and oxygen atoms in total. The highest BCUT2D eigenvalue weighted by Crippen LogP contribution is 2.33. The van der Waals surface area contributed by atoms with E-state index in [1.165, 1.54) is 10.9 Å². The molecule has 0 fully saturated rings. The van der Waals surface area contributed by atoms with Gasteiger partial charge in [0.1, 0.15) is 0 Å². The number of fused-ring (bicyclic) bond motifs is 1. The Bertz CT molecular complexity index is 678. The van der Waals surface area contributed by atoms with Crippen LogP contribution < -0.4 is 5.73 Å². The van der Waals surface area contributed by atoms with Gasteiger partial charge in [0, 0.05) is 39.8 Å². The minimum absolute atomic E-state index is 0.622. The van der Waals surface area contributed by atoms with Crippen molar-refractivity contribution in [2.45, 2.75) is 13.3 Å². The van der Waals surface area contributed by atoms with Crippen molar-refractivity contribution >= 4 is 10.9 Å². The molecule has 0 unspecified atom stereocenters. The van der Waals surface area contributed by atoms with Crippen LogP contribution in [0.4, 0.5) is 0 Å². The number of hydrogen-bond donors (Lipinski definition) is 3. The first-order valence-electron chi connectivity index (χ1n) is 6.11. The van der Waals surface area contributed by atoms with Gasteiger partial charge in [-0.2, -0.15) is 5.10 Å². The minimum Gasteiger partial charge on any atom is -0.358 e. The molecule has 4 N–H and O–H groups in total. The molecule has 3 rings (SSSR count). The lowest BCUT2D eigenvalue weighted by atomic mass is 10.0. The van der Waals surface area contributed by atoms with Gasteiger partial charge in [-0.1, -0.05) is 18.2 Å². The van der Waals surface area contributed by atoms with Gasteiger partial charge in [-0.15, -0.1) is 0 Å². The molecule has 1 aromatic carbocycles. The fourth-order valence-electron chi connectivity index (χ4n) is 2.49. The van der Waals surface area contributed by atoms with Crippen LogP contribution in [0.5, 0.6) is 0 Å². The average molecular weight is 240 g/mol. The van der Waals surface area contributed by atoms with Gasteiger partial charge in [-0.25, -0.2) is 0 Å². The van der Waals surface area contributed by atoms with Gasteiger partial charge < -0.3 is 10.7 Å². The molecule has 2 aromatic heterocycles. The zero-order valence-electron chi connectivity index (χ0n) is 10.3. The lowest BCUT2D eigenvalue weighted by molar-refractivity contribution is 0.902. The Kier molecular flexibility index (Phi) is 2.64. The summed E-state index contributed by atoms with van der Waals surface area (Å²) in [5.41, 5.74) is 11.4. The van der Waals surface area contributed by atoms with Gasteiger partial charge in [0.05, 0.1) is 6.20 Å². The fraction of sp³-hybridized carbons (Fsp3) is 0.214. The molecular formula is C14H16N4. The molecule has 0 bridgehead atoms. The maximum Gasteiger partial charge on any atom is 0.0569 e. The van der Waals surface area contributed by atoms with Crippen LogP contribution in [0.3, 0.4) is 0 Å². The zero-order valence-corrected chi connectivity index (χ0v) is 10.3. The lowest BCUT2D eigenvalue weighted by Crippen LogP contribution is -2.04. The van der Waals surface area contributed by atoms with E-state index in [9.17, 15) is 0 Å². The molecule has 0 aliphatic rings. The van der Waals surface area contributed by atoms with Crippen molar-refractivity contribution in [1.29, 1.82) is 0 Å². The molecule has 0 radical (unpaired) electrons. The molecule has 0 saturated heterocycles. The second-order valence-electron chi connectivity index (χ2n) is 4.47. The molecular weight excluding hydrogens is 224 g/mol. The molecule has 0 amide bonds. The molecule has 18 heavy (non-hydrogen) atoms. The summed E-state index contributed by atoms with van der Waals surface area (Å²) in [5.74, 6) is 0. The SMILES string of the molecule is Cc1[nH]c2ccccc2c1-c1cn[nH]c1CCN. The average Bonchev–Trinajstić information content (AvgIpc) is 2.92. The van der Waals surface area contributed by atoms with E-state index in [4.69, 9.17) is 5.73 Å². The minimum atomic E-state index is 0.622. The molecule has 2 heterocycles. The normalized spacial score (nSPS) is 11.2. The summed E-state index contributed by atoms with van der Waals surface area (Å²) in [6, 6.07) is 8.32. The van der Waals surface area contributed by atoms with E-state index in [1.54, 1.807) is 0 Å². The number of hydrogen-bond acceptors (Lipinski definition) is 2. The van der Waals surface area contributed by atoms with Crippen molar-refractivity contribution in [3.8, 4) is 11.1 Å². The van der Waals surface area contributed by atoms with Crippen LogP contribution in [0, 0.1) is 6.92 Å². The topological polar surface area (TPSA) is 70.5 Å². The van der Waals surface area contributed by atoms with E-state index in [0.29, 0.717) is 6.54 Å². The van der Waals surface area contributed by atoms with E-state index >= 15 is 0 Å². The Morgan fingerprint density at radius 1 is 1.28 bits per heavy atom. The van der Waals surface area contributed by atoms with Crippen molar-refractivity contribution in [1.82, 2.24) is 15.2 Å². The largest absolute Gasteiger partial charge is 0.358 e. The van der Waals surface area contributed by atoms with E-state index in [0.717, 1.165) is 28.9 Å². The van der Waals surface area contributed by atoms with Gasteiger partial charge in [0.15, 0.2) is 0 Å². The van der Waals surface area contributed by atoms with E-state index in [-0.39, 0.29) is 0 Å². The second kappa shape index (κ2) is 4.31. The van der Waals surface area contributed by atoms with E-state index in [1.807, 2.05) is 12.3 Å². The third kappa shape index (κ3) is 1.62. The van der Waals surface area contributed by atoms with Crippen molar-refractivity contribution < 1.29 is 0 Å². The first kappa shape index (κ1) is 11.0. The van der Waals surface area contributed by atoms with Crippen LogP contribution >= 0.6 is 0 Å². The highest BCUT2D eigenvalue weighted by Gasteiger charge is 2.14. The van der Waals surface area contributed by atoms with Crippen LogP contribution in [0.15, 0.2) is 30.5 Å². The summed E-state index contributed by atoms with van der Waals surface area (Å²) in [7, 11) is 0. The second-order valence-corrected chi connectivity index (χ2v) is 4.47. The van der Waals surface area contributed by atoms with Gasteiger partial charge in [-0.05, 0) is 19.5 Å².